The quantitative estimate of drug-likeness (QED) is 0.863. The Kier molecular flexibility index (Phi) is 2.75. The van der Waals surface area contributed by atoms with Crippen LogP contribution < -0.4 is 10.6 Å². The molecule has 2 rings (SSSR count). The normalized spacial score (nSPS) is 10.6. The van der Waals surface area contributed by atoms with E-state index in [1.165, 1.54) is 6.07 Å². The number of hydrogen-bond donors (Lipinski definition) is 1. The Morgan fingerprint density at radius 3 is 2.53 bits per heavy atom. The van der Waals surface area contributed by atoms with Crippen LogP contribution in [0.5, 0.6) is 0 Å². The van der Waals surface area contributed by atoms with Gasteiger partial charge in [0.25, 0.3) is 0 Å². The van der Waals surface area contributed by atoms with Gasteiger partial charge in [-0.05, 0) is 18.2 Å². The van der Waals surface area contributed by atoms with Crippen molar-refractivity contribution in [3.8, 4) is 11.3 Å². The summed E-state index contributed by atoms with van der Waals surface area (Å²) in [4.78, 5) is 1.73. The Bertz CT molecular complexity index is 526. The highest BCUT2D eigenvalue weighted by Gasteiger charge is 2.09. The van der Waals surface area contributed by atoms with Crippen LogP contribution in [-0.2, 0) is 7.05 Å². The van der Waals surface area contributed by atoms with E-state index >= 15 is 0 Å². The van der Waals surface area contributed by atoms with Crippen LogP contribution in [0.4, 0.5) is 15.9 Å². The SMILES string of the molecule is CN(C)c1cc(-c2cc(N)n(C)n2)ccc1F. The Hall–Kier alpha value is -2.04. The van der Waals surface area contributed by atoms with Crippen LogP contribution in [0.15, 0.2) is 24.3 Å². The lowest BCUT2D eigenvalue weighted by Gasteiger charge is -2.14. The van der Waals surface area contributed by atoms with Gasteiger partial charge in [0.15, 0.2) is 0 Å². The lowest BCUT2D eigenvalue weighted by molar-refractivity contribution is 0.626. The van der Waals surface area contributed by atoms with Crippen LogP contribution in [0.3, 0.4) is 0 Å². The Morgan fingerprint density at radius 1 is 1.29 bits per heavy atom. The third-order valence-electron chi connectivity index (χ3n) is 2.64. The summed E-state index contributed by atoms with van der Waals surface area (Å²) < 4.78 is 15.1. The van der Waals surface area contributed by atoms with Crippen LogP contribution in [0.1, 0.15) is 0 Å². The summed E-state index contributed by atoms with van der Waals surface area (Å²) in [6, 6.07) is 6.67. The largest absolute Gasteiger partial charge is 0.384 e. The van der Waals surface area contributed by atoms with Crippen molar-refractivity contribution in [2.45, 2.75) is 0 Å². The van der Waals surface area contributed by atoms with E-state index in [4.69, 9.17) is 5.73 Å². The van der Waals surface area contributed by atoms with E-state index in [2.05, 4.69) is 5.10 Å². The van der Waals surface area contributed by atoms with Crippen LogP contribution in [0.25, 0.3) is 11.3 Å². The molecule has 0 bridgehead atoms. The zero-order valence-electron chi connectivity index (χ0n) is 10.1. The van der Waals surface area contributed by atoms with Crippen molar-refractivity contribution >= 4 is 11.5 Å². The van der Waals surface area contributed by atoms with Gasteiger partial charge in [0.1, 0.15) is 11.6 Å². The second kappa shape index (κ2) is 4.08. The van der Waals surface area contributed by atoms with Crippen molar-refractivity contribution in [3.05, 3.63) is 30.1 Å². The van der Waals surface area contributed by atoms with Gasteiger partial charge >= 0.3 is 0 Å². The number of nitrogens with two attached hydrogens (primary N) is 1. The lowest BCUT2D eigenvalue weighted by Crippen LogP contribution is -2.10. The molecule has 4 nitrogen and oxygen atoms in total. The van der Waals surface area contributed by atoms with Gasteiger partial charge in [-0.2, -0.15) is 5.10 Å². The van der Waals surface area contributed by atoms with E-state index in [0.717, 1.165) is 11.3 Å². The van der Waals surface area contributed by atoms with E-state index in [1.54, 1.807) is 48.9 Å². The van der Waals surface area contributed by atoms with E-state index < -0.39 is 0 Å². The summed E-state index contributed by atoms with van der Waals surface area (Å²) in [6.45, 7) is 0. The summed E-state index contributed by atoms with van der Waals surface area (Å²) in [6.07, 6.45) is 0. The number of aromatic nitrogens is 2. The first-order valence-electron chi connectivity index (χ1n) is 5.26. The van der Waals surface area contributed by atoms with Crippen LogP contribution in [0, 0.1) is 5.82 Å². The fourth-order valence-corrected chi connectivity index (χ4v) is 1.64. The highest BCUT2D eigenvalue weighted by Crippen LogP contribution is 2.26. The van der Waals surface area contributed by atoms with Crippen molar-refractivity contribution in [1.29, 1.82) is 0 Å². The number of nitrogen functional groups attached to an aromatic ring is 1. The predicted molar refractivity (Wildman–Crippen MR) is 67.3 cm³/mol. The molecule has 0 aliphatic heterocycles. The van der Waals surface area contributed by atoms with Gasteiger partial charge in [-0.15, -0.1) is 0 Å². The summed E-state index contributed by atoms with van der Waals surface area (Å²) in [5.74, 6) is 0.332. The maximum absolute atomic E-state index is 13.5. The number of nitrogens with zero attached hydrogens (tertiary/aromatic N) is 3. The average Bonchev–Trinajstić information content (AvgIpc) is 2.59. The van der Waals surface area contributed by atoms with Gasteiger partial charge in [-0.3, -0.25) is 4.68 Å². The molecular weight excluding hydrogens is 219 g/mol. The standard InChI is InChI=1S/C12H15FN4/c1-16(2)11-6-8(4-5-9(11)13)10-7-12(14)17(3)15-10/h4-7H,14H2,1-3H3. The average molecular weight is 234 g/mol. The summed E-state index contributed by atoms with van der Waals surface area (Å²) in [7, 11) is 5.37. The molecule has 2 N–H and O–H groups in total. The topological polar surface area (TPSA) is 47.1 Å². The number of hydrogen-bond acceptors (Lipinski definition) is 3. The molecular formula is C12H15FN4. The van der Waals surface area contributed by atoms with Crippen LogP contribution in [-0.4, -0.2) is 23.9 Å². The van der Waals surface area contributed by atoms with Crippen LogP contribution >= 0.6 is 0 Å². The molecule has 0 spiro atoms. The number of anilines is 2. The molecule has 5 heteroatoms. The smallest absolute Gasteiger partial charge is 0.146 e. The highest BCUT2D eigenvalue weighted by molar-refractivity contribution is 5.67. The van der Waals surface area contributed by atoms with Gasteiger partial charge in [0.2, 0.25) is 0 Å². The first-order valence-corrected chi connectivity index (χ1v) is 5.26. The van der Waals surface area contributed by atoms with E-state index in [9.17, 15) is 4.39 Å². The van der Waals surface area contributed by atoms with Gasteiger partial charge in [-0.25, -0.2) is 4.39 Å². The molecule has 0 saturated carbocycles. The zero-order valence-corrected chi connectivity index (χ0v) is 10.1. The molecule has 17 heavy (non-hydrogen) atoms. The van der Waals surface area contributed by atoms with E-state index in [0.29, 0.717) is 11.5 Å². The molecule has 0 unspecified atom stereocenters. The lowest BCUT2D eigenvalue weighted by atomic mass is 10.1. The van der Waals surface area contributed by atoms with Gasteiger partial charge in [-0.1, -0.05) is 0 Å². The van der Waals surface area contributed by atoms with Gasteiger partial charge in [0.05, 0.1) is 11.4 Å². The van der Waals surface area contributed by atoms with Crippen molar-refractivity contribution in [2.75, 3.05) is 24.7 Å². The molecule has 0 amide bonds. The monoisotopic (exact) mass is 234 g/mol. The van der Waals surface area contributed by atoms with Gasteiger partial charge in [0, 0.05) is 32.8 Å². The minimum atomic E-state index is -0.248. The van der Waals surface area contributed by atoms with Gasteiger partial charge < -0.3 is 10.6 Å². The zero-order chi connectivity index (χ0) is 12.6. The van der Waals surface area contributed by atoms with Crippen LogP contribution in [0.2, 0.25) is 0 Å². The molecule has 2 aromatic rings. The second-order valence-corrected chi connectivity index (χ2v) is 4.14. The Morgan fingerprint density at radius 2 is 2.00 bits per heavy atom. The second-order valence-electron chi connectivity index (χ2n) is 4.14. The van der Waals surface area contributed by atoms with Crippen molar-refractivity contribution in [2.24, 2.45) is 7.05 Å². The van der Waals surface area contributed by atoms with Crippen molar-refractivity contribution < 1.29 is 4.39 Å². The van der Waals surface area contributed by atoms with E-state index in [1.807, 2.05) is 0 Å². The molecule has 0 fully saturated rings. The number of benzene rings is 1. The number of rotatable bonds is 2. The minimum Gasteiger partial charge on any atom is -0.384 e. The maximum Gasteiger partial charge on any atom is 0.146 e. The third kappa shape index (κ3) is 2.08. The van der Waals surface area contributed by atoms with Crippen molar-refractivity contribution in [1.82, 2.24) is 9.78 Å². The molecule has 90 valence electrons. The molecule has 0 aliphatic rings. The Balaban J connectivity index is 2.49. The molecule has 0 radical (unpaired) electrons. The summed E-state index contributed by atoms with van der Waals surface area (Å²) in [5.41, 5.74) is 7.85. The fraction of sp³-hybridized carbons (Fsp3) is 0.250. The number of aryl methyl sites for hydroxylation is 1. The molecule has 1 aromatic heterocycles. The highest BCUT2D eigenvalue weighted by atomic mass is 19.1. The Labute approximate surface area is 99.5 Å². The predicted octanol–water partition coefficient (Wildman–Crippen LogP) is 1.87. The maximum atomic E-state index is 13.5. The number of halogens is 1. The molecule has 0 aliphatic carbocycles. The first-order chi connectivity index (χ1) is 7.99. The molecule has 0 atom stereocenters. The third-order valence-corrected chi connectivity index (χ3v) is 2.64. The minimum absolute atomic E-state index is 0.248. The molecule has 1 heterocycles. The van der Waals surface area contributed by atoms with Crippen molar-refractivity contribution in [3.63, 3.8) is 0 Å². The molecule has 0 saturated heterocycles. The fourth-order valence-electron chi connectivity index (χ4n) is 1.64. The molecule has 1 aromatic carbocycles. The summed E-state index contributed by atoms with van der Waals surface area (Å²) in [5, 5.41) is 4.26. The van der Waals surface area contributed by atoms with E-state index in [-0.39, 0.29) is 5.82 Å². The first kappa shape index (κ1) is 11.4. The summed E-state index contributed by atoms with van der Waals surface area (Å²) >= 11 is 0.